The summed E-state index contributed by atoms with van der Waals surface area (Å²) < 4.78 is 2.30. The van der Waals surface area contributed by atoms with E-state index < -0.39 is 0 Å². The predicted molar refractivity (Wildman–Crippen MR) is 88.5 cm³/mol. The van der Waals surface area contributed by atoms with Crippen molar-refractivity contribution in [3.8, 4) is 0 Å². The normalized spacial score (nSPS) is 15.3. The van der Waals surface area contributed by atoms with Gasteiger partial charge in [0.15, 0.2) is 0 Å². The van der Waals surface area contributed by atoms with Crippen molar-refractivity contribution >= 4 is 16.7 Å². The zero-order valence-electron chi connectivity index (χ0n) is 13.8. The van der Waals surface area contributed by atoms with Crippen molar-refractivity contribution in [2.24, 2.45) is 0 Å². The zero-order chi connectivity index (χ0) is 15.8. The molecule has 0 aliphatic rings. The van der Waals surface area contributed by atoms with Crippen LogP contribution in [0.1, 0.15) is 53.3 Å². The molecule has 0 aliphatic heterocycles. The van der Waals surface area contributed by atoms with Crippen LogP contribution in [0.3, 0.4) is 0 Å². The second-order valence-electron chi connectivity index (χ2n) is 7.09. The summed E-state index contributed by atoms with van der Waals surface area (Å²) in [6.45, 7) is 11.0. The highest BCUT2D eigenvalue weighted by atomic mass is 16.3. The molecule has 0 spiro atoms. The monoisotopic (exact) mass is 289 g/mol. The Morgan fingerprint density at radius 3 is 2.43 bits per heavy atom. The van der Waals surface area contributed by atoms with E-state index in [0.717, 1.165) is 29.0 Å². The van der Waals surface area contributed by atoms with Crippen molar-refractivity contribution in [2.75, 3.05) is 12.3 Å². The number of fused-ring (bicyclic) bond motifs is 1. The van der Waals surface area contributed by atoms with Crippen molar-refractivity contribution in [1.29, 1.82) is 0 Å². The standard InChI is InChI=1S/C17H27N3O/c1-6-17(5,9-10-21)20-14-8-7-12(18)11-13(14)19-15(20)16(2,3)4/h7-8,11,21H,6,9-10,18H2,1-5H3. The highest BCUT2D eigenvalue weighted by molar-refractivity contribution is 5.80. The minimum atomic E-state index is -0.151. The minimum absolute atomic E-state index is 0.0698. The molecule has 0 saturated carbocycles. The third-order valence-corrected chi connectivity index (χ3v) is 4.30. The number of aliphatic hydroxyl groups excluding tert-OH is 1. The van der Waals surface area contributed by atoms with Crippen LogP contribution in [0.25, 0.3) is 11.0 Å². The number of hydrogen-bond acceptors (Lipinski definition) is 3. The summed E-state index contributed by atoms with van der Waals surface area (Å²) in [7, 11) is 0. The van der Waals surface area contributed by atoms with Gasteiger partial charge in [-0.2, -0.15) is 0 Å². The van der Waals surface area contributed by atoms with Crippen molar-refractivity contribution in [3.63, 3.8) is 0 Å². The van der Waals surface area contributed by atoms with Crippen LogP contribution in [-0.4, -0.2) is 21.3 Å². The summed E-state index contributed by atoms with van der Waals surface area (Å²) in [6, 6.07) is 5.89. The van der Waals surface area contributed by atoms with Gasteiger partial charge in [0.25, 0.3) is 0 Å². The number of aliphatic hydroxyl groups is 1. The van der Waals surface area contributed by atoms with Crippen molar-refractivity contribution in [2.45, 2.75) is 58.4 Å². The lowest BCUT2D eigenvalue weighted by molar-refractivity contribution is 0.190. The van der Waals surface area contributed by atoms with Crippen LogP contribution in [-0.2, 0) is 11.0 Å². The Hall–Kier alpha value is -1.55. The third-order valence-electron chi connectivity index (χ3n) is 4.30. The number of nitrogens with zero attached hydrogens (tertiary/aromatic N) is 2. The fourth-order valence-electron chi connectivity index (χ4n) is 2.83. The second kappa shape index (κ2) is 5.34. The van der Waals surface area contributed by atoms with E-state index in [4.69, 9.17) is 10.7 Å². The first-order valence-corrected chi connectivity index (χ1v) is 7.63. The number of benzene rings is 1. The van der Waals surface area contributed by atoms with Gasteiger partial charge in [0, 0.05) is 23.2 Å². The van der Waals surface area contributed by atoms with E-state index in [0.29, 0.717) is 6.42 Å². The predicted octanol–water partition coefficient (Wildman–Crippen LogP) is 3.42. The molecule has 116 valence electrons. The van der Waals surface area contributed by atoms with E-state index in [1.165, 1.54) is 0 Å². The van der Waals surface area contributed by atoms with Crippen LogP contribution in [0.2, 0.25) is 0 Å². The Labute approximate surface area is 127 Å². The average Bonchev–Trinajstić information content (AvgIpc) is 2.77. The highest BCUT2D eigenvalue weighted by Gasteiger charge is 2.33. The summed E-state index contributed by atoms with van der Waals surface area (Å²) in [5.41, 5.74) is 8.43. The molecule has 0 saturated heterocycles. The molecule has 21 heavy (non-hydrogen) atoms. The van der Waals surface area contributed by atoms with Gasteiger partial charge >= 0.3 is 0 Å². The van der Waals surface area contributed by atoms with Crippen LogP contribution in [0.4, 0.5) is 5.69 Å². The van der Waals surface area contributed by atoms with Crippen LogP contribution >= 0.6 is 0 Å². The molecule has 1 heterocycles. The lowest BCUT2D eigenvalue weighted by Gasteiger charge is -2.35. The van der Waals surface area contributed by atoms with Crippen LogP contribution in [0.5, 0.6) is 0 Å². The van der Waals surface area contributed by atoms with E-state index in [1.54, 1.807) is 0 Å². The molecule has 0 amide bonds. The molecule has 4 heteroatoms. The Morgan fingerprint density at radius 2 is 1.90 bits per heavy atom. The van der Waals surface area contributed by atoms with Gasteiger partial charge in [-0.3, -0.25) is 0 Å². The Kier molecular flexibility index (Phi) is 4.02. The van der Waals surface area contributed by atoms with Crippen molar-refractivity contribution in [3.05, 3.63) is 24.0 Å². The van der Waals surface area contributed by atoms with E-state index >= 15 is 0 Å². The topological polar surface area (TPSA) is 64.1 Å². The maximum atomic E-state index is 9.49. The van der Waals surface area contributed by atoms with Gasteiger partial charge in [-0.15, -0.1) is 0 Å². The van der Waals surface area contributed by atoms with E-state index in [9.17, 15) is 5.11 Å². The molecular weight excluding hydrogens is 262 g/mol. The summed E-state index contributed by atoms with van der Waals surface area (Å²) in [4.78, 5) is 4.84. The fourth-order valence-corrected chi connectivity index (χ4v) is 2.83. The first-order chi connectivity index (χ1) is 9.73. The quantitative estimate of drug-likeness (QED) is 0.848. The summed E-state index contributed by atoms with van der Waals surface area (Å²) in [5.74, 6) is 1.04. The average molecular weight is 289 g/mol. The smallest absolute Gasteiger partial charge is 0.115 e. The summed E-state index contributed by atoms with van der Waals surface area (Å²) in [5, 5.41) is 9.49. The molecule has 0 aliphatic carbocycles. The molecule has 2 rings (SSSR count). The van der Waals surface area contributed by atoms with Gasteiger partial charge in [-0.05, 0) is 38.0 Å². The molecular formula is C17H27N3O. The number of hydrogen-bond donors (Lipinski definition) is 2. The first-order valence-electron chi connectivity index (χ1n) is 7.63. The third kappa shape index (κ3) is 2.77. The molecule has 1 unspecified atom stereocenters. The summed E-state index contributed by atoms with van der Waals surface area (Å²) >= 11 is 0. The molecule has 4 nitrogen and oxygen atoms in total. The maximum absolute atomic E-state index is 9.49. The number of nitrogens with two attached hydrogens (primary N) is 1. The SMILES string of the molecule is CCC(C)(CCO)n1c(C(C)(C)C)nc2cc(N)ccc21. The Balaban J connectivity index is 2.80. The van der Waals surface area contributed by atoms with Gasteiger partial charge in [-0.1, -0.05) is 27.7 Å². The maximum Gasteiger partial charge on any atom is 0.115 e. The van der Waals surface area contributed by atoms with Gasteiger partial charge in [-0.25, -0.2) is 4.98 Å². The molecule has 1 aromatic carbocycles. The van der Waals surface area contributed by atoms with Gasteiger partial charge in [0.2, 0.25) is 0 Å². The largest absolute Gasteiger partial charge is 0.399 e. The van der Waals surface area contributed by atoms with E-state index in [1.807, 2.05) is 18.2 Å². The zero-order valence-corrected chi connectivity index (χ0v) is 13.8. The Morgan fingerprint density at radius 1 is 1.24 bits per heavy atom. The van der Waals surface area contributed by atoms with E-state index in [2.05, 4.69) is 39.2 Å². The molecule has 0 bridgehead atoms. The van der Waals surface area contributed by atoms with E-state index in [-0.39, 0.29) is 17.6 Å². The van der Waals surface area contributed by atoms with Crippen LogP contribution in [0.15, 0.2) is 18.2 Å². The molecule has 1 aromatic heterocycles. The number of nitrogen functional groups attached to an aromatic ring is 1. The van der Waals surface area contributed by atoms with Crippen LogP contribution < -0.4 is 5.73 Å². The summed E-state index contributed by atoms with van der Waals surface area (Å²) in [6.07, 6.45) is 1.65. The van der Waals surface area contributed by atoms with Gasteiger partial charge in [0.05, 0.1) is 11.0 Å². The number of aromatic nitrogens is 2. The lowest BCUT2D eigenvalue weighted by Crippen LogP contribution is -2.35. The molecule has 0 radical (unpaired) electrons. The van der Waals surface area contributed by atoms with Crippen molar-refractivity contribution < 1.29 is 5.11 Å². The number of imidazole rings is 1. The molecule has 1 atom stereocenters. The minimum Gasteiger partial charge on any atom is -0.399 e. The fraction of sp³-hybridized carbons (Fsp3) is 0.588. The van der Waals surface area contributed by atoms with Crippen molar-refractivity contribution in [1.82, 2.24) is 9.55 Å². The second-order valence-corrected chi connectivity index (χ2v) is 7.09. The van der Waals surface area contributed by atoms with Crippen LogP contribution in [0, 0.1) is 0 Å². The molecule has 0 fully saturated rings. The lowest BCUT2D eigenvalue weighted by atomic mass is 9.90. The number of anilines is 1. The molecule has 2 aromatic rings. The highest BCUT2D eigenvalue weighted by Crippen LogP contribution is 2.36. The molecule has 3 N–H and O–H groups in total. The number of rotatable bonds is 4. The van der Waals surface area contributed by atoms with Gasteiger partial charge in [0.1, 0.15) is 5.82 Å². The van der Waals surface area contributed by atoms with Gasteiger partial charge < -0.3 is 15.4 Å². The Bertz CT molecular complexity index is 639. The first kappa shape index (κ1) is 15.8.